The molecule has 0 fully saturated rings. The monoisotopic (exact) mass is 328 g/mol. The van der Waals surface area contributed by atoms with Crippen molar-refractivity contribution in [2.75, 3.05) is 12.3 Å². The number of amides is 1. The Kier molecular flexibility index (Phi) is 3.89. The zero-order chi connectivity index (χ0) is 13.3. The molecule has 1 aromatic carbocycles. The molecule has 18 heavy (non-hydrogen) atoms. The molecule has 6 heteroatoms. The van der Waals surface area contributed by atoms with Crippen molar-refractivity contribution in [2.45, 2.75) is 13.0 Å². The van der Waals surface area contributed by atoms with Gasteiger partial charge < -0.3 is 16.2 Å². The summed E-state index contributed by atoms with van der Waals surface area (Å²) in [7, 11) is 0. The molecule has 0 aliphatic heterocycles. The highest BCUT2D eigenvalue weighted by Gasteiger charge is 2.17. The summed E-state index contributed by atoms with van der Waals surface area (Å²) in [5, 5.41) is 12.5. The average molecular weight is 329 g/mol. The number of nitrogens with one attached hydrogen (secondary N) is 1. The van der Waals surface area contributed by atoms with E-state index in [0.717, 1.165) is 14.6 Å². The second kappa shape index (κ2) is 5.26. The first-order valence-corrected chi connectivity index (χ1v) is 7.03. The third-order valence-electron chi connectivity index (χ3n) is 2.55. The van der Waals surface area contributed by atoms with Gasteiger partial charge >= 0.3 is 0 Å². The molecule has 1 heterocycles. The van der Waals surface area contributed by atoms with Gasteiger partial charge in [0.15, 0.2) is 0 Å². The predicted octanol–water partition coefficient (Wildman–Crippen LogP) is 2.36. The van der Waals surface area contributed by atoms with Gasteiger partial charge in [-0.2, -0.15) is 0 Å². The number of rotatable bonds is 3. The fourth-order valence-electron chi connectivity index (χ4n) is 1.59. The molecule has 0 saturated carbocycles. The first-order chi connectivity index (χ1) is 8.52. The molecule has 0 aliphatic rings. The van der Waals surface area contributed by atoms with E-state index in [4.69, 9.17) is 10.8 Å². The standard InChI is InChI=1S/C12H13BrN2O2S/c1-6(5-16)15-12(17)11-10(14)8-4-7(13)2-3-9(8)18-11/h2-4,6,16H,5,14H2,1H3,(H,15,17). The van der Waals surface area contributed by atoms with Crippen molar-refractivity contribution in [1.82, 2.24) is 5.32 Å². The number of aliphatic hydroxyl groups excluding tert-OH is 1. The summed E-state index contributed by atoms with van der Waals surface area (Å²) in [6, 6.07) is 5.45. The molecule has 0 radical (unpaired) electrons. The minimum atomic E-state index is -0.283. The topological polar surface area (TPSA) is 75.3 Å². The number of thiophene rings is 1. The van der Waals surface area contributed by atoms with Crippen LogP contribution in [0.5, 0.6) is 0 Å². The molecular weight excluding hydrogens is 316 g/mol. The van der Waals surface area contributed by atoms with Crippen molar-refractivity contribution < 1.29 is 9.90 Å². The Bertz CT molecular complexity index is 597. The number of benzene rings is 1. The number of fused-ring (bicyclic) bond motifs is 1. The van der Waals surface area contributed by atoms with Crippen LogP contribution in [0.3, 0.4) is 0 Å². The highest BCUT2D eigenvalue weighted by Crippen LogP contribution is 2.35. The number of carbonyl (C=O) groups is 1. The second-order valence-corrected chi connectivity index (χ2v) is 6.01. The molecule has 96 valence electrons. The SMILES string of the molecule is CC(CO)NC(=O)c1sc2ccc(Br)cc2c1N. The van der Waals surface area contributed by atoms with Gasteiger partial charge in [-0.3, -0.25) is 4.79 Å². The molecular formula is C12H13BrN2O2S. The van der Waals surface area contributed by atoms with Gasteiger partial charge in [0.25, 0.3) is 5.91 Å². The van der Waals surface area contributed by atoms with Gasteiger partial charge in [0.2, 0.25) is 0 Å². The highest BCUT2D eigenvalue weighted by atomic mass is 79.9. The summed E-state index contributed by atoms with van der Waals surface area (Å²) in [6.45, 7) is 1.64. The van der Waals surface area contributed by atoms with E-state index in [0.29, 0.717) is 10.6 Å². The van der Waals surface area contributed by atoms with Crippen LogP contribution in [-0.2, 0) is 0 Å². The van der Waals surface area contributed by atoms with Gasteiger partial charge in [-0.05, 0) is 25.1 Å². The van der Waals surface area contributed by atoms with Crippen LogP contribution in [0.4, 0.5) is 5.69 Å². The number of nitrogens with two attached hydrogens (primary N) is 1. The molecule has 0 spiro atoms. The molecule has 1 unspecified atom stereocenters. The number of aliphatic hydroxyl groups is 1. The highest BCUT2D eigenvalue weighted by molar-refractivity contribution is 9.10. The number of carbonyl (C=O) groups excluding carboxylic acids is 1. The van der Waals surface area contributed by atoms with Gasteiger partial charge in [-0.1, -0.05) is 15.9 Å². The second-order valence-electron chi connectivity index (χ2n) is 4.04. The van der Waals surface area contributed by atoms with Crippen LogP contribution in [0.25, 0.3) is 10.1 Å². The largest absolute Gasteiger partial charge is 0.397 e. The Morgan fingerprint density at radius 2 is 2.33 bits per heavy atom. The maximum atomic E-state index is 12.0. The van der Waals surface area contributed by atoms with Crippen LogP contribution >= 0.6 is 27.3 Å². The maximum Gasteiger partial charge on any atom is 0.263 e. The summed E-state index contributed by atoms with van der Waals surface area (Å²) in [5.41, 5.74) is 6.48. The van der Waals surface area contributed by atoms with Gasteiger partial charge in [0.1, 0.15) is 4.88 Å². The van der Waals surface area contributed by atoms with E-state index in [1.807, 2.05) is 18.2 Å². The van der Waals surface area contributed by atoms with Crippen LogP contribution in [0.2, 0.25) is 0 Å². The molecule has 2 aromatic rings. The van der Waals surface area contributed by atoms with E-state index >= 15 is 0 Å². The zero-order valence-corrected chi connectivity index (χ0v) is 12.1. The number of anilines is 1. The number of hydrogen-bond donors (Lipinski definition) is 3. The third kappa shape index (κ3) is 2.50. The summed E-state index contributed by atoms with van der Waals surface area (Å²) in [4.78, 5) is 12.5. The van der Waals surface area contributed by atoms with Crippen LogP contribution < -0.4 is 11.1 Å². The summed E-state index contributed by atoms with van der Waals surface area (Å²) in [5.74, 6) is -0.244. The van der Waals surface area contributed by atoms with E-state index in [-0.39, 0.29) is 18.6 Å². The van der Waals surface area contributed by atoms with Gasteiger partial charge in [0.05, 0.1) is 12.3 Å². The minimum Gasteiger partial charge on any atom is -0.397 e. The van der Waals surface area contributed by atoms with Crippen molar-refractivity contribution in [3.05, 3.63) is 27.5 Å². The van der Waals surface area contributed by atoms with Crippen molar-refractivity contribution >= 4 is 48.9 Å². The lowest BCUT2D eigenvalue weighted by Crippen LogP contribution is -2.34. The number of halogens is 1. The van der Waals surface area contributed by atoms with E-state index in [1.165, 1.54) is 11.3 Å². The fraction of sp³-hybridized carbons (Fsp3) is 0.250. The van der Waals surface area contributed by atoms with Crippen LogP contribution in [0.1, 0.15) is 16.6 Å². The summed E-state index contributed by atoms with van der Waals surface area (Å²) < 4.78 is 1.90. The third-order valence-corrected chi connectivity index (χ3v) is 4.22. The Morgan fingerprint density at radius 1 is 1.61 bits per heavy atom. The van der Waals surface area contributed by atoms with Crippen LogP contribution in [-0.4, -0.2) is 23.7 Å². The van der Waals surface area contributed by atoms with Gasteiger partial charge in [0, 0.05) is 20.6 Å². The first-order valence-electron chi connectivity index (χ1n) is 5.42. The molecule has 2 rings (SSSR count). The molecule has 1 aromatic heterocycles. The molecule has 4 N–H and O–H groups in total. The summed E-state index contributed by atoms with van der Waals surface area (Å²) in [6.07, 6.45) is 0. The molecule has 1 atom stereocenters. The zero-order valence-electron chi connectivity index (χ0n) is 9.74. The lowest BCUT2D eigenvalue weighted by molar-refractivity contribution is 0.0927. The van der Waals surface area contributed by atoms with E-state index in [9.17, 15) is 4.79 Å². The minimum absolute atomic E-state index is 0.0952. The fourth-order valence-corrected chi connectivity index (χ4v) is 2.96. The Balaban J connectivity index is 2.40. The molecule has 4 nitrogen and oxygen atoms in total. The van der Waals surface area contributed by atoms with Crippen molar-refractivity contribution in [2.24, 2.45) is 0 Å². The summed E-state index contributed by atoms with van der Waals surface area (Å²) >= 11 is 4.73. The maximum absolute atomic E-state index is 12.0. The van der Waals surface area contributed by atoms with Crippen LogP contribution in [0, 0.1) is 0 Å². The van der Waals surface area contributed by atoms with Crippen LogP contribution in [0.15, 0.2) is 22.7 Å². The Morgan fingerprint density at radius 3 is 3.00 bits per heavy atom. The molecule has 0 aliphatic carbocycles. The quantitative estimate of drug-likeness (QED) is 0.809. The van der Waals surface area contributed by atoms with Crippen molar-refractivity contribution in [3.63, 3.8) is 0 Å². The Hall–Kier alpha value is -1.11. The van der Waals surface area contributed by atoms with Gasteiger partial charge in [-0.15, -0.1) is 11.3 Å². The molecule has 0 bridgehead atoms. The smallest absolute Gasteiger partial charge is 0.263 e. The normalized spacial score (nSPS) is 12.6. The number of hydrogen-bond acceptors (Lipinski definition) is 4. The predicted molar refractivity (Wildman–Crippen MR) is 78.0 cm³/mol. The van der Waals surface area contributed by atoms with Crippen molar-refractivity contribution in [3.8, 4) is 0 Å². The number of nitrogen functional groups attached to an aromatic ring is 1. The van der Waals surface area contributed by atoms with E-state index < -0.39 is 0 Å². The first kappa shape index (κ1) is 13.3. The van der Waals surface area contributed by atoms with E-state index in [2.05, 4.69) is 21.2 Å². The Labute approximate surface area is 117 Å². The van der Waals surface area contributed by atoms with E-state index in [1.54, 1.807) is 6.92 Å². The molecule has 0 saturated heterocycles. The lowest BCUT2D eigenvalue weighted by atomic mass is 10.2. The average Bonchev–Trinajstić information content (AvgIpc) is 2.66. The lowest BCUT2D eigenvalue weighted by Gasteiger charge is -2.09. The molecule has 1 amide bonds. The van der Waals surface area contributed by atoms with Gasteiger partial charge in [-0.25, -0.2) is 0 Å². The van der Waals surface area contributed by atoms with Crippen molar-refractivity contribution in [1.29, 1.82) is 0 Å².